The SMILES string of the molecule is CC(=O)OCC(=O)[C@H]1C(C)C[C@H]2[C@@H]3CC(Cl)C4=CC(=O)CC[C@]4(C)[C@H]3C(O)C[C@]12C. The van der Waals surface area contributed by atoms with E-state index in [1.165, 1.54) is 6.92 Å². The number of esters is 1. The van der Waals surface area contributed by atoms with E-state index < -0.39 is 12.1 Å². The molecule has 1 N–H and O–H groups in total. The lowest BCUT2D eigenvalue weighted by Crippen LogP contribution is -2.59. The van der Waals surface area contributed by atoms with E-state index in [9.17, 15) is 19.5 Å². The number of carbonyl (C=O) groups excluding carboxylic acids is 3. The molecule has 0 aromatic carbocycles. The second kappa shape index (κ2) is 7.44. The molecule has 3 saturated carbocycles. The molecule has 30 heavy (non-hydrogen) atoms. The van der Waals surface area contributed by atoms with Gasteiger partial charge in [0, 0.05) is 19.3 Å². The smallest absolute Gasteiger partial charge is 0.303 e. The molecule has 3 unspecified atom stereocenters. The number of Topliss-reactive ketones (excluding diaryl/α,β-unsaturated/α-hetero) is 1. The van der Waals surface area contributed by atoms with E-state index in [0.717, 1.165) is 24.8 Å². The summed E-state index contributed by atoms with van der Waals surface area (Å²) < 4.78 is 5.02. The van der Waals surface area contributed by atoms with Crippen LogP contribution in [-0.2, 0) is 19.1 Å². The quantitative estimate of drug-likeness (QED) is 0.539. The van der Waals surface area contributed by atoms with E-state index in [1.54, 1.807) is 6.08 Å². The summed E-state index contributed by atoms with van der Waals surface area (Å²) in [5.74, 6) is 0.128. The van der Waals surface area contributed by atoms with Crippen LogP contribution in [0.4, 0.5) is 0 Å². The standard InChI is InChI=1S/C24H33ClO5/c1-12-7-16-15-9-18(25)17-8-14(27)5-6-23(17,3)22(15)19(28)10-24(16,4)21(12)20(29)11-30-13(2)26/h8,12,15-16,18-19,21-22,28H,5-7,9-11H2,1-4H3/t12?,15-,16-,18?,19?,21+,22+,23-,24-/m0/s1. The monoisotopic (exact) mass is 436 g/mol. The highest BCUT2D eigenvalue weighted by Gasteiger charge is 2.65. The summed E-state index contributed by atoms with van der Waals surface area (Å²) in [6, 6.07) is 0. The first-order valence-corrected chi connectivity index (χ1v) is 11.7. The van der Waals surface area contributed by atoms with E-state index >= 15 is 0 Å². The molecule has 0 radical (unpaired) electrons. The van der Waals surface area contributed by atoms with Crippen molar-refractivity contribution >= 4 is 29.1 Å². The molecule has 6 heteroatoms. The number of hydrogen-bond acceptors (Lipinski definition) is 5. The average molecular weight is 437 g/mol. The van der Waals surface area contributed by atoms with Gasteiger partial charge in [-0.25, -0.2) is 0 Å². The predicted molar refractivity (Wildman–Crippen MR) is 113 cm³/mol. The summed E-state index contributed by atoms with van der Waals surface area (Å²) >= 11 is 6.84. The lowest BCUT2D eigenvalue weighted by molar-refractivity contribution is -0.154. The maximum atomic E-state index is 13.0. The summed E-state index contributed by atoms with van der Waals surface area (Å²) in [5.41, 5.74) is 0.390. The molecule has 0 saturated heterocycles. The molecule has 5 nitrogen and oxygen atoms in total. The molecule has 0 aliphatic heterocycles. The van der Waals surface area contributed by atoms with E-state index in [2.05, 4.69) is 20.8 Å². The molecule has 0 amide bonds. The fraction of sp³-hybridized carbons (Fsp3) is 0.792. The molecule has 0 aromatic heterocycles. The second-order valence-electron chi connectivity index (χ2n) is 10.7. The predicted octanol–water partition coefficient (Wildman–Crippen LogP) is 3.70. The minimum absolute atomic E-state index is 0.0401. The molecule has 0 bridgehead atoms. The highest BCUT2D eigenvalue weighted by atomic mass is 35.5. The van der Waals surface area contributed by atoms with Gasteiger partial charge in [0.15, 0.2) is 11.6 Å². The van der Waals surface area contributed by atoms with Crippen LogP contribution in [0.15, 0.2) is 11.6 Å². The molecular formula is C24H33ClO5. The van der Waals surface area contributed by atoms with Gasteiger partial charge in [-0.05, 0) is 71.8 Å². The van der Waals surface area contributed by atoms with Crippen molar-refractivity contribution in [2.24, 2.45) is 40.4 Å². The van der Waals surface area contributed by atoms with E-state index in [1.807, 2.05) is 0 Å². The number of hydrogen-bond donors (Lipinski definition) is 1. The van der Waals surface area contributed by atoms with Crippen molar-refractivity contribution in [2.45, 2.75) is 71.3 Å². The molecule has 9 atom stereocenters. The zero-order chi connectivity index (χ0) is 22.0. The Morgan fingerprint density at radius 2 is 2.00 bits per heavy atom. The van der Waals surface area contributed by atoms with Gasteiger partial charge >= 0.3 is 5.97 Å². The van der Waals surface area contributed by atoms with Gasteiger partial charge in [0.1, 0.15) is 6.61 Å². The van der Waals surface area contributed by atoms with Crippen LogP contribution in [0.1, 0.15) is 59.8 Å². The number of fused-ring (bicyclic) bond motifs is 5. The normalized spacial score (nSPS) is 47.6. The maximum absolute atomic E-state index is 13.0. The number of aliphatic hydroxyl groups is 1. The van der Waals surface area contributed by atoms with Crippen molar-refractivity contribution in [3.63, 3.8) is 0 Å². The summed E-state index contributed by atoms with van der Waals surface area (Å²) in [5, 5.41) is 11.2. The Morgan fingerprint density at radius 3 is 2.67 bits per heavy atom. The first-order valence-electron chi connectivity index (χ1n) is 11.2. The number of aliphatic hydroxyl groups excluding tert-OH is 1. The molecule has 166 valence electrons. The maximum Gasteiger partial charge on any atom is 0.303 e. The van der Waals surface area contributed by atoms with Crippen LogP contribution in [0.2, 0.25) is 0 Å². The molecule has 0 spiro atoms. The average Bonchev–Trinajstić information content (AvgIpc) is 2.91. The summed E-state index contributed by atoms with van der Waals surface area (Å²) in [7, 11) is 0. The van der Waals surface area contributed by atoms with Crippen molar-refractivity contribution in [1.82, 2.24) is 0 Å². The topological polar surface area (TPSA) is 80.7 Å². The van der Waals surface area contributed by atoms with Gasteiger partial charge in [-0.15, -0.1) is 11.6 Å². The van der Waals surface area contributed by atoms with Crippen molar-refractivity contribution < 1.29 is 24.2 Å². The van der Waals surface area contributed by atoms with Crippen LogP contribution >= 0.6 is 11.6 Å². The number of allylic oxidation sites excluding steroid dienone is 1. The Kier molecular flexibility index (Phi) is 5.46. The highest BCUT2D eigenvalue weighted by molar-refractivity contribution is 6.23. The fourth-order valence-corrected chi connectivity index (χ4v) is 8.53. The summed E-state index contributed by atoms with van der Waals surface area (Å²) in [6.07, 6.45) is 4.63. The molecule has 3 fully saturated rings. The first-order chi connectivity index (χ1) is 14.0. The molecule has 0 heterocycles. The van der Waals surface area contributed by atoms with E-state index in [0.29, 0.717) is 12.8 Å². The second-order valence-corrected chi connectivity index (χ2v) is 11.2. The van der Waals surface area contributed by atoms with Crippen molar-refractivity contribution in [1.29, 1.82) is 0 Å². The van der Waals surface area contributed by atoms with Gasteiger partial charge in [-0.3, -0.25) is 14.4 Å². The summed E-state index contributed by atoms with van der Waals surface area (Å²) in [6.45, 7) is 7.54. The van der Waals surface area contributed by atoms with Crippen LogP contribution < -0.4 is 0 Å². The number of ether oxygens (including phenoxy) is 1. The Labute approximate surface area is 183 Å². The largest absolute Gasteiger partial charge is 0.458 e. The number of rotatable bonds is 3. The number of alkyl halides is 1. The lowest BCUT2D eigenvalue weighted by Gasteiger charge is -2.60. The Hall–Kier alpha value is -1.20. The molecule has 4 aliphatic carbocycles. The van der Waals surface area contributed by atoms with Crippen LogP contribution in [-0.4, -0.2) is 40.7 Å². The molecule has 4 aliphatic rings. The zero-order valence-electron chi connectivity index (χ0n) is 18.3. The van der Waals surface area contributed by atoms with Crippen LogP contribution in [0, 0.1) is 40.4 Å². The first kappa shape index (κ1) is 22.0. The Bertz CT molecular complexity index is 805. The third-order valence-corrected chi connectivity index (χ3v) is 9.39. The van der Waals surface area contributed by atoms with Crippen LogP contribution in [0.3, 0.4) is 0 Å². The molecular weight excluding hydrogens is 404 g/mol. The van der Waals surface area contributed by atoms with Gasteiger partial charge in [-0.1, -0.05) is 20.8 Å². The van der Waals surface area contributed by atoms with E-state index in [4.69, 9.17) is 16.3 Å². The minimum Gasteiger partial charge on any atom is -0.458 e. The Morgan fingerprint density at radius 1 is 1.30 bits per heavy atom. The van der Waals surface area contributed by atoms with Gasteiger partial charge in [-0.2, -0.15) is 0 Å². The Balaban J connectivity index is 1.68. The lowest BCUT2D eigenvalue weighted by atomic mass is 9.45. The highest BCUT2D eigenvalue weighted by Crippen LogP contribution is 2.68. The van der Waals surface area contributed by atoms with Crippen LogP contribution in [0.5, 0.6) is 0 Å². The van der Waals surface area contributed by atoms with Gasteiger partial charge in [0.25, 0.3) is 0 Å². The summed E-state index contributed by atoms with van der Waals surface area (Å²) in [4.78, 5) is 36.3. The van der Waals surface area contributed by atoms with Crippen LogP contribution in [0.25, 0.3) is 0 Å². The van der Waals surface area contributed by atoms with Crippen molar-refractivity contribution in [2.75, 3.05) is 6.61 Å². The van der Waals surface area contributed by atoms with Crippen molar-refractivity contribution in [3.8, 4) is 0 Å². The minimum atomic E-state index is -0.545. The molecule has 4 rings (SSSR count). The van der Waals surface area contributed by atoms with Gasteiger partial charge in [0.05, 0.1) is 11.5 Å². The van der Waals surface area contributed by atoms with Gasteiger partial charge < -0.3 is 9.84 Å². The number of ketones is 2. The third-order valence-electron chi connectivity index (χ3n) is 8.98. The number of halogens is 1. The van der Waals surface area contributed by atoms with Gasteiger partial charge in [0.2, 0.25) is 0 Å². The number of carbonyl (C=O) groups is 3. The molecule has 0 aromatic rings. The fourth-order valence-electron chi connectivity index (χ4n) is 8.01. The zero-order valence-corrected chi connectivity index (χ0v) is 19.1. The van der Waals surface area contributed by atoms with Crippen molar-refractivity contribution in [3.05, 3.63) is 11.6 Å². The third kappa shape index (κ3) is 3.19. The van der Waals surface area contributed by atoms with E-state index in [-0.39, 0.29) is 64.0 Å².